The predicted octanol–water partition coefficient (Wildman–Crippen LogP) is 5.11. The minimum atomic E-state index is 0.764. The summed E-state index contributed by atoms with van der Waals surface area (Å²) in [6, 6.07) is 14.7. The van der Waals surface area contributed by atoms with Crippen LogP contribution in [-0.2, 0) is 6.54 Å². The first-order chi connectivity index (χ1) is 10.1. The van der Waals surface area contributed by atoms with E-state index >= 15 is 0 Å². The molecule has 0 heterocycles. The molecule has 0 saturated heterocycles. The standard InChI is InChI=1S/C18H23ClN2/c1-4-21(5-2)17-10-7-15(8-11-17)13-20-18-12-16(19)9-6-14(18)3/h6-12,20H,4-5,13H2,1-3H3. The van der Waals surface area contributed by atoms with Crippen LogP contribution in [0.3, 0.4) is 0 Å². The second-order valence-electron chi connectivity index (χ2n) is 5.15. The van der Waals surface area contributed by atoms with Crippen LogP contribution >= 0.6 is 11.6 Å². The van der Waals surface area contributed by atoms with Gasteiger partial charge in [0.25, 0.3) is 0 Å². The van der Waals surface area contributed by atoms with Crippen LogP contribution in [0.2, 0.25) is 5.02 Å². The molecule has 2 aromatic carbocycles. The van der Waals surface area contributed by atoms with Gasteiger partial charge in [-0.15, -0.1) is 0 Å². The van der Waals surface area contributed by atoms with Crippen LogP contribution < -0.4 is 10.2 Å². The Morgan fingerprint density at radius 2 is 1.67 bits per heavy atom. The molecular formula is C18H23ClN2. The summed E-state index contributed by atoms with van der Waals surface area (Å²) >= 11 is 6.04. The maximum Gasteiger partial charge on any atom is 0.0426 e. The van der Waals surface area contributed by atoms with Crippen molar-refractivity contribution < 1.29 is 0 Å². The van der Waals surface area contributed by atoms with Crippen molar-refractivity contribution in [1.29, 1.82) is 0 Å². The van der Waals surface area contributed by atoms with E-state index in [1.165, 1.54) is 16.8 Å². The van der Waals surface area contributed by atoms with Gasteiger partial charge in [0.05, 0.1) is 0 Å². The fraction of sp³-hybridized carbons (Fsp3) is 0.333. The highest BCUT2D eigenvalue weighted by Gasteiger charge is 2.02. The predicted molar refractivity (Wildman–Crippen MR) is 93.5 cm³/mol. The minimum Gasteiger partial charge on any atom is -0.381 e. The second-order valence-corrected chi connectivity index (χ2v) is 5.59. The summed E-state index contributed by atoms with van der Waals surface area (Å²) in [5.41, 5.74) is 4.85. The molecule has 0 spiro atoms. The molecule has 2 nitrogen and oxygen atoms in total. The number of anilines is 2. The molecule has 112 valence electrons. The molecule has 0 fully saturated rings. The minimum absolute atomic E-state index is 0.764. The lowest BCUT2D eigenvalue weighted by molar-refractivity contribution is 0.865. The van der Waals surface area contributed by atoms with Crippen molar-refractivity contribution in [3.63, 3.8) is 0 Å². The van der Waals surface area contributed by atoms with Crippen molar-refractivity contribution in [3.05, 3.63) is 58.6 Å². The zero-order valence-corrected chi connectivity index (χ0v) is 13.7. The number of halogens is 1. The number of nitrogens with one attached hydrogen (secondary N) is 1. The maximum atomic E-state index is 6.04. The van der Waals surface area contributed by atoms with Gasteiger partial charge in [-0.3, -0.25) is 0 Å². The summed E-state index contributed by atoms with van der Waals surface area (Å²) in [5.74, 6) is 0. The van der Waals surface area contributed by atoms with Gasteiger partial charge in [0, 0.05) is 36.0 Å². The molecule has 2 aromatic rings. The molecule has 0 aliphatic heterocycles. The smallest absolute Gasteiger partial charge is 0.0426 e. The molecule has 0 bridgehead atoms. The zero-order chi connectivity index (χ0) is 15.2. The Bertz CT molecular complexity index is 574. The summed E-state index contributed by atoms with van der Waals surface area (Å²) in [7, 11) is 0. The van der Waals surface area contributed by atoms with Crippen molar-refractivity contribution in [3.8, 4) is 0 Å². The van der Waals surface area contributed by atoms with Crippen molar-refractivity contribution in [2.75, 3.05) is 23.3 Å². The monoisotopic (exact) mass is 302 g/mol. The van der Waals surface area contributed by atoms with E-state index in [0.29, 0.717) is 0 Å². The third-order valence-corrected chi connectivity index (χ3v) is 3.98. The van der Waals surface area contributed by atoms with E-state index in [0.717, 1.165) is 30.3 Å². The van der Waals surface area contributed by atoms with Gasteiger partial charge < -0.3 is 10.2 Å². The molecule has 1 N–H and O–H groups in total. The zero-order valence-electron chi connectivity index (χ0n) is 13.0. The van der Waals surface area contributed by atoms with Gasteiger partial charge in [-0.05, 0) is 56.2 Å². The van der Waals surface area contributed by atoms with E-state index < -0.39 is 0 Å². The number of hydrogen-bond donors (Lipinski definition) is 1. The van der Waals surface area contributed by atoms with E-state index in [9.17, 15) is 0 Å². The van der Waals surface area contributed by atoms with Crippen LogP contribution in [0.25, 0.3) is 0 Å². The SMILES string of the molecule is CCN(CC)c1ccc(CNc2cc(Cl)ccc2C)cc1. The lowest BCUT2D eigenvalue weighted by Gasteiger charge is -2.21. The molecule has 0 saturated carbocycles. The topological polar surface area (TPSA) is 15.3 Å². The molecule has 0 aliphatic rings. The maximum absolute atomic E-state index is 6.04. The van der Waals surface area contributed by atoms with Crippen molar-refractivity contribution >= 4 is 23.0 Å². The Kier molecular flexibility index (Phi) is 5.51. The molecule has 0 amide bonds. The first-order valence-electron chi connectivity index (χ1n) is 7.48. The summed E-state index contributed by atoms with van der Waals surface area (Å²) in [4.78, 5) is 2.35. The molecule has 0 aromatic heterocycles. The molecule has 3 heteroatoms. The molecule has 21 heavy (non-hydrogen) atoms. The molecule has 2 rings (SSSR count). The van der Waals surface area contributed by atoms with Crippen LogP contribution in [0.5, 0.6) is 0 Å². The molecule has 0 atom stereocenters. The quantitative estimate of drug-likeness (QED) is 0.798. The third-order valence-electron chi connectivity index (χ3n) is 3.75. The Balaban J connectivity index is 2.02. The van der Waals surface area contributed by atoms with Crippen LogP contribution in [0.15, 0.2) is 42.5 Å². The van der Waals surface area contributed by atoms with Gasteiger partial charge in [-0.1, -0.05) is 29.8 Å². The van der Waals surface area contributed by atoms with Gasteiger partial charge in [-0.25, -0.2) is 0 Å². The van der Waals surface area contributed by atoms with Gasteiger partial charge in [0.15, 0.2) is 0 Å². The van der Waals surface area contributed by atoms with Crippen molar-refractivity contribution in [2.24, 2.45) is 0 Å². The fourth-order valence-electron chi connectivity index (χ4n) is 2.40. The van der Waals surface area contributed by atoms with Gasteiger partial charge >= 0.3 is 0 Å². The Hall–Kier alpha value is -1.67. The highest BCUT2D eigenvalue weighted by Crippen LogP contribution is 2.21. The molecule has 0 aliphatic carbocycles. The summed E-state index contributed by atoms with van der Waals surface area (Å²) in [5, 5.41) is 4.21. The first-order valence-corrected chi connectivity index (χ1v) is 7.85. The van der Waals surface area contributed by atoms with E-state index in [-0.39, 0.29) is 0 Å². The van der Waals surface area contributed by atoms with Gasteiger partial charge in [0.1, 0.15) is 0 Å². The lowest BCUT2D eigenvalue weighted by atomic mass is 10.1. The third kappa shape index (κ3) is 4.15. The summed E-state index contributed by atoms with van der Waals surface area (Å²) < 4.78 is 0. The number of hydrogen-bond acceptors (Lipinski definition) is 2. The number of benzene rings is 2. The average molecular weight is 303 g/mol. The van der Waals surface area contributed by atoms with Crippen LogP contribution in [0.1, 0.15) is 25.0 Å². The lowest BCUT2D eigenvalue weighted by Crippen LogP contribution is -2.21. The van der Waals surface area contributed by atoms with E-state index in [1.807, 2.05) is 18.2 Å². The first kappa shape index (κ1) is 15.7. The number of aryl methyl sites for hydroxylation is 1. The normalized spacial score (nSPS) is 10.5. The Labute approximate surface area is 132 Å². The Morgan fingerprint density at radius 1 is 1.00 bits per heavy atom. The second kappa shape index (κ2) is 7.37. The summed E-state index contributed by atoms with van der Waals surface area (Å²) in [6.45, 7) is 9.33. The summed E-state index contributed by atoms with van der Waals surface area (Å²) in [6.07, 6.45) is 0. The van der Waals surface area contributed by atoms with Crippen LogP contribution in [-0.4, -0.2) is 13.1 Å². The van der Waals surface area contributed by atoms with Gasteiger partial charge in [0.2, 0.25) is 0 Å². The molecule has 0 unspecified atom stereocenters. The van der Waals surface area contributed by atoms with Gasteiger partial charge in [-0.2, -0.15) is 0 Å². The fourth-order valence-corrected chi connectivity index (χ4v) is 2.57. The highest BCUT2D eigenvalue weighted by molar-refractivity contribution is 6.30. The van der Waals surface area contributed by atoms with Crippen molar-refractivity contribution in [2.45, 2.75) is 27.3 Å². The van der Waals surface area contributed by atoms with Crippen LogP contribution in [0.4, 0.5) is 11.4 Å². The van der Waals surface area contributed by atoms with E-state index in [2.05, 4.69) is 55.3 Å². The number of nitrogens with zero attached hydrogens (tertiary/aromatic N) is 1. The van der Waals surface area contributed by atoms with Crippen LogP contribution in [0, 0.1) is 6.92 Å². The largest absolute Gasteiger partial charge is 0.381 e. The van der Waals surface area contributed by atoms with Crippen molar-refractivity contribution in [1.82, 2.24) is 0 Å². The van der Waals surface area contributed by atoms with E-state index in [4.69, 9.17) is 11.6 Å². The Morgan fingerprint density at radius 3 is 2.29 bits per heavy atom. The number of rotatable bonds is 6. The average Bonchev–Trinajstić information content (AvgIpc) is 2.51. The molecule has 0 radical (unpaired) electrons. The highest BCUT2D eigenvalue weighted by atomic mass is 35.5. The van der Waals surface area contributed by atoms with E-state index in [1.54, 1.807) is 0 Å². The molecular weight excluding hydrogens is 280 g/mol.